The second-order valence-electron chi connectivity index (χ2n) is 6.75. The fraction of sp³-hybridized carbons (Fsp3) is 0.737. The minimum Gasteiger partial charge on any atom is -0.466 e. The van der Waals surface area contributed by atoms with Gasteiger partial charge in [-0.3, -0.25) is 9.78 Å². The molecule has 1 aromatic heterocycles. The molecule has 26 heavy (non-hydrogen) atoms. The number of hydrogen-bond donors (Lipinski definition) is 0. The topological polar surface area (TPSA) is 73.8 Å². The molecule has 0 unspecified atom stereocenters. The molecular formula is C19H31N3O4. The number of hydrogen-bond acceptors (Lipinski definition) is 7. The van der Waals surface area contributed by atoms with Gasteiger partial charge >= 0.3 is 5.97 Å². The minimum atomic E-state index is -0.0789. The summed E-state index contributed by atoms with van der Waals surface area (Å²) in [4.78, 5) is 23.5. The van der Waals surface area contributed by atoms with Crippen LogP contribution in [0.15, 0.2) is 6.20 Å². The molecule has 1 aliphatic rings. The first-order valence-corrected chi connectivity index (χ1v) is 9.31. The van der Waals surface area contributed by atoms with Crippen molar-refractivity contribution in [3.63, 3.8) is 0 Å². The number of nitrogens with zero attached hydrogens (tertiary/aromatic N) is 3. The van der Waals surface area contributed by atoms with Crippen molar-refractivity contribution < 1.29 is 19.0 Å². The number of rotatable bonds is 9. The Hall–Kier alpha value is -1.73. The van der Waals surface area contributed by atoms with Gasteiger partial charge in [0.2, 0.25) is 0 Å². The van der Waals surface area contributed by atoms with Gasteiger partial charge in [-0.05, 0) is 33.1 Å². The summed E-state index contributed by atoms with van der Waals surface area (Å²) in [6.07, 6.45) is 4.18. The second-order valence-corrected chi connectivity index (χ2v) is 6.75. The van der Waals surface area contributed by atoms with Gasteiger partial charge in [-0.15, -0.1) is 0 Å². The molecule has 0 radical (unpaired) electrons. The fourth-order valence-corrected chi connectivity index (χ4v) is 3.34. The first-order valence-electron chi connectivity index (χ1n) is 9.31. The number of methoxy groups -OCH3 is 2. The molecule has 0 saturated carbocycles. The zero-order valence-corrected chi connectivity index (χ0v) is 16.4. The van der Waals surface area contributed by atoms with Crippen LogP contribution in [0.5, 0.6) is 0 Å². The molecular weight excluding hydrogens is 334 g/mol. The molecule has 7 nitrogen and oxygen atoms in total. The summed E-state index contributed by atoms with van der Waals surface area (Å²) < 4.78 is 15.7. The lowest BCUT2D eigenvalue weighted by Crippen LogP contribution is -2.37. The highest BCUT2D eigenvalue weighted by Crippen LogP contribution is 2.23. The van der Waals surface area contributed by atoms with Gasteiger partial charge in [-0.2, -0.15) is 0 Å². The van der Waals surface area contributed by atoms with Crippen molar-refractivity contribution >= 4 is 11.8 Å². The van der Waals surface area contributed by atoms with Crippen molar-refractivity contribution in [2.45, 2.75) is 33.1 Å². The quantitative estimate of drug-likeness (QED) is 0.620. The molecule has 0 N–H and O–H groups in total. The van der Waals surface area contributed by atoms with Gasteiger partial charge in [0.05, 0.1) is 43.3 Å². The van der Waals surface area contributed by atoms with Crippen LogP contribution in [-0.2, 0) is 25.4 Å². The lowest BCUT2D eigenvalue weighted by atomic mass is 9.97. The number of aryl methyl sites for hydroxylation is 1. The lowest BCUT2D eigenvalue weighted by Gasteiger charge is -2.32. The Morgan fingerprint density at radius 2 is 1.92 bits per heavy atom. The van der Waals surface area contributed by atoms with Crippen molar-refractivity contribution in [2.75, 3.05) is 52.0 Å². The summed E-state index contributed by atoms with van der Waals surface area (Å²) in [5.74, 6) is 1.05. The van der Waals surface area contributed by atoms with Crippen LogP contribution in [0, 0.1) is 18.8 Å². The molecule has 0 bridgehead atoms. The van der Waals surface area contributed by atoms with Crippen LogP contribution in [0.4, 0.5) is 5.82 Å². The highest BCUT2D eigenvalue weighted by molar-refractivity contribution is 5.72. The molecule has 7 heteroatoms. The average molecular weight is 365 g/mol. The Labute approximate surface area is 156 Å². The van der Waals surface area contributed by atoms with E-state index in [0.29, 0.717) is 19.8 Å². The summed E-state index contributed by atoms with van der Waals surface area (Å²) in [7, 11) is 3.40. The zero-order valence-electron chi connectivity index (χ0n) is 16.4. The number of piperidine rings is 1. The first-order chi connectivity index (χ1) is 12.6. The van der Waals surface area contributed by atoms with Gasteiger partial charge in [0.25, 0.3) is 0 Å². The normalized spacial score (nSPS) is 15.5. The van der Waals surface area contributed by atoms with Crippen LogP contribution in [0.2, 0.25) is 0 Å². The van der Waals surface area contributed by atoms with Crippen molar-refractivity contribution in [3.8, 4) is 0 Å². The van der Waals surface area contributed by atoms with E-state index in [2.05, 4.69) is 9.88 Å². The van der Waals surface area contributed by atoms with E-state index >= 15 is 0 Å². The van der Waals surface area contributed by atoms with Crippen LogP contribution < -0.4 is 4.90 Å². The molecule has 0 spiro atoms. The molecule has 2 rings (SSSR count). The lowest BCUT2D eigenvalue weighted by molar-refractivity contribution is -0.148. The Balaban J connectivity index is 2.01. The Morgan fingerprint density at radius 3 is 2.50 bits per heavy atom. The third-order valence-corrected chi connectivity index (χ3v) is 4.77. The maximum atomic E-state index is 11.9. The SMILES string of the molecule is CCOC(=O)C1CCN(c2cnc(C)c(CC(COC)COC)n2)CC1. The van der Waals surface area contributed by atoms with Gasteiger partial charge in [0.1, 0.15) is 5.82 Å². The van der Waals surface area contributed by atoms with E-state index < -0.39 is 0 Å². The van der Waals surface area contributed by atoms with Gasteiger partial charge in [0.15, 0.2) is 0 Å². The van der Waals surface area contributed by atoms with Crippen LogP contribution >= 0.6 is 0 Å². The van der Waals surface area contributed by atoms with Crippen molar-refractivity contribution in [2.24, 2.45) is 11.8 Å². The molecule has 1 saturated heterocycles. The van der Waals surface area contributed by atoms with Crippen LogP contribution in [-0.4, -0.2) is 63.1 Å². The maximum absolute atomic E-state index is 11.9. The van der Waals surface area contributed by atoms with Crippen molar-refractivity contribution in [1.82, 2.24) is 9.97 Å². The summed E-state index contributed by atoms with van der Waals surface area (Å²) >= 11 is 0. The highest BCUT2D eigenvalue weighted by Gasteiger charge is 2.27. The number of esters is 1. The fourth-order valence-electron chi connectivity index (χ4n) is 3.34. The predicted molar refractivity (Wildman–Crippen MR) is 99.3 cm³/mol. The molecule has 146 valence electrons. The van der Waals surface area contributed by atoms with Crippen LogP contribution in [0.1, 0.15) is 31.2 Å². The van der Waals surface area contributed by atoms with E-state index in [1.165, 1.54) is 0 Å². The van der Waals surface area contributed by atoms with E-state index in [1.807, 2.05) is 20.0 Å². The molecule has 1 aromatic rings. The monoisotopic (exact) mass is 365 g/mol. The second kappa shape index (κ2) is 10.4. The average Bonchev–Trinajstić information content (AvgIpc) is 2.64. The molecule has 0 amide bonds. The van der Waals surface area contributed by atoms with Crippen LogP contribution in [0.3, 0.4) is 0 Å². The molecule has 0 aliphatic carbocycles. The maximum Gasteiger partial charge on any atom is 0.309 e. The van der Waals surface area contributed by atoms with E-state index in [-0.39, 0.29) is 17.8 Å². The molecule has 2 heterocycles. The number of anilines is 1. The van der Waals surface area contributed by atoms with E-state index in [0.717, 1.165) is 49.6 Å². The number of carbonyl (C=O) groups is 1. The van der Waals surface area contributed by atoms with Gasteiger partial charge < -0.3 is 19.1 Å². The number of aromatic nitrogens is 2. The van der Waals surface area contributed by atoms with Crippen molar-refractivity contribution in [3.05, 3.63) is 17.6 Å². The number of carbonyl (C=O) groups excluding carboxylic acids is 1. The van der Waals surface area contributed by atoms with Gasteiger partial charge in [-0.25, -0.2) is 4.98 Å². The Bertz CT molecular complexity index is 568. The summed E-state index contributed by atoms with van der Waals surface area (Å²) in [6, 6.07) is 0. The third kappa shape index (κ3) is 5.64. The Morgan fingerprint density at radius 1 is 1.27 bits per heavy atom. The van der Waals surface area contributed by atoms with Gasteiger partial charge in [-0.1, -0.05) is 0 Å². The molecule has 1 aliphatic heterocycles. The third-order valence-electron chi connectivity index (χ3n) is 4.77. The number of ether oxygens (including phenoxy) is 3. The standard InChI is InChI=1S/C19H31N3O4/c1-5-26-19(23)16-6-8-22(9-7-16)18-11-20-14(2)17(21-18)10-15(12-24-3)13-25-4/h11,15-16H,5-10,12-13H2,1-4H3. The Kier molecular flexibility index (Phi) is 8.25. The summed E-state index contributed by atoms with van der Waals surface area (Å²) in [5.41, 5.74) is 1.92. The highest BCUT2D eigenvalue weighted by atomic mass is 16.5. The smallest absolute Gasteiger partial charge is 0.309 e. The molecule has 1 fully saturated rings. The first kappa shape index (κ1) is 20.6. The largest absolute Gasteiger partial charge is 0.466 e. The van der Waals surface area contributed by atoms with Crippen LogP contribution in [0.25, 0.3) is 0 Å². The van der Waals surface area contributed by atoms with E-state index in [4.69, 9.17) is 19.2 Å². The van der Waals surface area contributed by atoms with E-state index in [9.17, 15) is 4.79 Å². The predicted octanol–water partition coefficient (Wildman–Crippen LogP) is 2.02. The molecule has 0 atom stereocenters. The summed E-state index contributed by atoms with van der Waals surface area (Å²) in [5, 5.41) is 0. The summed E-state index contributed by atoms with van der Waals surface area (Å²) in [6.45, 7) is 7.11. The molecule has 0 aromatic carbocycles. The van der Waals surface area contributed by atoms with E-state index in [1.54, 1.807) is 14.2 Å². The van der Waals surface area contributed by atoms with Gasteiger partial charge in [0, 0.05) is 33.2 Å². The van der Waals surface area contributed by atoms with Crippen molar-refractivity contribution in [1.29, 1.82) is 0 Å². The minimum absolute atomic E-state index is 0.00290. The zero-order chi connectivity index (χ0) is 18.9.